The molecule has 1 aromatic rings. The number of benzene rings is 1. The number of alkyl halides is 3. The highest BCUT2D eigenvalue weighted by atomic mass is 19.4. The third kappa shape index (κ3) is 4.13. The number of carbonyl (C=O) groups is 1. The van der Waals surface area contributed by atoms with Crippen LogP contribution in [0.3, 0.4) is 0 Å². The normalized spacial score (nSPS) is 17.4. The van der Waals surface area contributed by atoms with Crippen molar-refractivity contribution >= 4 is 5.91 Å². The molecule has 1 saturated heterocycles. The number of amides is 1. The van der Waals surface area contributed by atoms with Gasteiger partial charge in [0.25, 0.3) is 0 Å². The van der Waals surface area contributed by atoms with Gasteiger partial charge in [0.15, 0.2) is 0 Å². The number of ether oxygens (including phenoxy) is 1. The lowest BCUT2D eigenvalue weighted by atomic mass is 10.0. The zero-order valence-corrected chi connectivity index (χ0v) is 12.3. The van der Waals surface area contributed by atoms with Gasteiger partial charge in [0.05, 0.1) is 7.11 Å². The highest BCUT2D eigenvalue weighted by molar-refractivity contribution is 5.77. The molecule has 0 aliphatic carbocycles. The fourth-order valence-corrected chi connectivity index (χ4v) is 2.62. The first-order chi connectivity index (χ1) is 10.4. The van der Waals surface area contributed by atoms with E-state index in [1.807, 2.05) is 18.2 Å². The molecule has 0 bridgehead atoms. The summed E-state index contributed by atoms with van der Waals surface area (Å²) < 4.78 is 44.7. The molecule has 7 heteroatoms. The van der Waals surface area contributed by atoms with Gasteiger partial charge in [-0.15, -0.1) is 0 Å². The minimum atomic E-state index is -4.36. The fraction of sp³-hybridized carbons (Fsp3) is 0.533. The molecule has 1 heterocycles. The fourth-order valence-electron chi connectivity index (χ4n) is 2.62. The summed E-state index contributed by atoms with van der Waals surface area (Å²) in [6.07, 6.45) is -3.46. The quantitative estimate of drug-likeness (QED) is 0.877. The van der Waals surface area contributed by atoms with Crippen LogP contribution in [-0.4, -0.2) is 36.8 Å². The maximum atomic E-state index is 13.2. The molecule has 0 spiro atoms. The maximum Gasteiger partial charge on any atom is 0.405 e. The van der Waals surface area contributed by atoms with E-state index in [0.29, 0.717) is 18.6 Å². The zero-order valence-electron chi connectivity index (χ0n) is 12.3. The van der Waals surface area contributed by atoms with Crippen molar-refractivity contribution < 1.29 is 22.7 Å². The molecule has 122 valence electrons. The van der Waals surface area contributed by atoms with Crippen LogP contribution in [0.15, 0.2) is 24.3 Å². The molecule has 1 atom stereocenters. The van der Waals surface area contributed by atoms with Crippen molar-refractivity contribution in [2.45, 2.75) is 37.9 Å². The van der Waals surface area contributed by atoms with Gasteiger partial charge in [0.2, 0.25) is 5.91 Å². The standard InChI is InChI=1S/C15H19F3N2O2/c1-22-12-7-3-2-5-11(12)6-4-8-13(15(16,17)18)20-10-9-14(21)19-20/h2-3,5,7,13H,4,6,8-10H2,1H3,(H,19,21). The smallest absolute Gasteiger partial charge is 0.405 e. The van der Waals surface area contributed by atoms with Crippen LogP contribution in [0.2, 0.25) is 0 Å². The van der Waals surface area contributed by atoms with E-state index >= 15 is 0 Å². The lowest BCUT2D eigenvalue weighted by molar-refractivity contribution is -0.190. The van der Waals surface area contributed by atoms with E-state index < -0.39 is 12.2 Å². The number of hydrogen-bond donors (Lipinski definition) is 1. The van der Waals surface area contributed by atoms with Crippen LogP contribution < -0.4 is 10.2 Å². The van der Waals surface area contributed by atoms with E-state index in [4.69, 9.17) is 4.74 Å². The average Bonchev–Trinajstić information content (AvgIpc) is 2.88. The van der Waals surface area contributed by atoms with Crippen LogP contribution in [0.25, 0.3) is 0 Å². The molecule has 1 N–H and O–H groups in total. The van der Waals surface area contributed by atoms with Gasteiger partial charge in [0, 0.05) is 13.0 Å². The lowest BCUT2D eigenvalue weighted by Crippen LogP contribution is -2.49. The van der Waals surface area contributed by atoms with Crippen LogP contribution in [0, 0.1) is 0 Å². The van der Waals surface area contributed by atoms with Crippen LogP contribution in [0.1, 0.15) is 24.8 Å². The third-order valence-corrected chi connectivity index (χ3v) is 3.72. The van der Waals surface area contributed by atoms with Crippen LogP contribution in [0.4, 0.5) is 13.2 Å². The molecular weight excluding hydrogens is 297 g/mol. The number of rotatable bonds is 6. The van der Waals surface area contributed by atoms with Gasteiger partial charge in [-0.05, 0) is 30.9 Å². The predicted molar refractivity (Wildman–Crippen MR) is 75.2 cm³/mol. The topological polar surface area (TPSA) is 41.6 Å². The van der Waals surface area contributed by atoms with Crippen molar-refractivity contribution in [3.8, 4) is 5.75 Å². The molecule has 1 aliphatic rings. The number of nitrogens with one attached hydrogen (secondary N) is 1. The average molecular weight is 316 g/mol. The van der Waals surface area contributed by atoms with Gasteiger partial charge < -0.3 is 4.74 Å². The number of hydrogen-bond acceptors (Lipinski definition) is 3. The zero-order chi connectivity index (χ0) is 16.2. The summed E-state index contributed by atoms with van der Waals surface area (Å²) in [7, 11) is 1.54. The monoisotopic (exact) mass is 316 g/mol. The molecule has 2 rings (SSSR count). The van der Waals surface area contributed by atoms with Gasteiger partial charge in [-0.1, -0.05) is 18.2 Å². The molecule has 1 unspecified atom stereocenters. The Balaban J connectivity index is 1.95. The number of halogens is 3. The summed E-state index contributed by atoms with van der Waals surface area (Å²) in [6.45, 7) is 0.0949. The Bertz CT molecular complexity index is 520. The number of para-hydroxylation sites is 1. The van der Waals surface area contributed by atoms with Crippen LogP contribution >= 0.6 is 0 Å². The Kier molecular flexibility index (Phi) is 5.28. The van der Waals surface area contributed by atoms with Crippen molar-refractivity contribution in [3.05, 3.63) is 29.8 Å². The third-order valence-electron chi connectivity index (χ3n) is 3.72. The molecule has 4 nitrogen and oxygen atoms in total. The highest BCUT2D eigenvalue weighted by Crippen LogP contribution is 2.30. The predicted octanol–water partition coefficient (Wildman–Crippen LogP) is 2.69. The summed E-state index contributed by atoms with van der Waals surface area (Å²) in [6, 6.07) is 5.64. The van der Waals surface area contributed by atoms with E-state index in [-0.39, 0.29) is 25.3 Å². The highest BCUT2D eigenvalue weighted by Gasteiger charge is 2.45. The van der Waals surface area contributed by atoms with E-state index in [1.165, 1.54) is 7.11 Å². The Labute approximate surface area is 127 Å². The Hall–Kier alpha value is -1.76. The number of carbonyl (C=O) groups excluding carboxylic acids is 1. The number of nitrogens with zero attached hydrogens (tertiary/aromatic N) is 1. The summed E-state index contributed by atoms with van der Waals surface area (Å²) in [5.74, 6) is 0.319. The molecule has 22 heavy (non-hydrogen) atoms. The van der Waals surface area contributed by atoms with Gasteiger partial charge in [-0.2, -0.15) is 13.2 Å². The van der Waals surface area contributed by atoms with Crippen molar-refractivity contribution in [1.82, 2.24) is 10.4 Å². The Morgan fingerprint density at radius 2 is 2.09 bits per heavy atom. The summed E-state index contributed by atoms with van der Waals surface area (Å²) >= 11 is 0. The van der Waals surface area contributed by atoms with E-state index in [2.05, 4.69) is 5.43 Å². The molecular formula is C15H19F3N2O2. The van der Waals surface area contributed by atoms with Crippen LogP contribution in [0.5, 0.6) is 5.75 Å². The number of methoxy groups -OCH3 is 1. The van der Waals surface area contributed by atoms with Crippen molar-refractivity contribution in [2.24, 2.45) is 0 Å². The van der Waals surface area contributed by atoms with Gasteiger partial charge in [0.1, 0.15) is 11.8 Å². The molecule has 1 aromatic carbocycles. The molecule has 1 fully saturated rings. The second-order valence-corrected chi connectivity index (χ2v) is 5.24. The summed E-state index contributed by atoms with van der Waals surface area (Å²) in [4.78, 5) is 11.1. The van der Waals surface area contributed by atoms with E-state index in [1.54, 1.807) is 6.07 Å². The second kappa shape index (κ2) is 7.00. The van der Waals surface area contributed by atoms with Gasteiger partial charge in [-0.25, -0.2) is 5.01 Å². The first-order valence-corrected chi connectivity index (χ1v) is 7.16. The van der Waals surface area contributed by atoms with Gasteiger partial charge >= 0.3 is 6.18 Å². The number of aryl methyl sites for hydroxylation is 1. The summed E-state index contributed by atoms with van der Waals surface area (Å²) in [5.41, 5.74) is 3.17. The second-order valence-electron chi connectivity index (χ2n) is 5.24. The minimum absolute atomic E-state index is 0.0676. The van der Waals surface area contributed by atoms with Crippen molar-refractivity contribution in [1.29, 1.82) is 0 Å². The number of hydrazine groups is 1. The first-order valence-electron chi connectivity index (χ1n) is 7.16. The van der Waals surface area contributed by atoms with Crippen molar-refractivity contribution in [2.75, 3.05) is 13.7 Å². The first kappa shape index (κ1) is 16.6. The van der Waals surface area contributed by atoms with E-state index in [0.717, 1.165) is 10.6 Å². The molecule has 0 aromatic heterocycles. The lowest BCUT2D eigenvalue weighted by Gasteiger charge is -2.28. The SMILES string of the molecule is COc1ccccc1CCCC(N1CCC(=O)N1)C(F)(F)F. The summed E-state index contributed by atoms with van der Waals surface area (Å²) in [5, 5.41) is 1.00. The molecule has 0 radical (unpaired) electrons. The molecule has 1 aliphatic heterocycles. The Morgan fingerprint density at radius 1 is 1.36 bits per heavy atom. The van der Waals surface area contributed by atoms with Crippen LogP contribution in [-0.2, 0) is 11.2 Å². The van der Waals surface area contributed by atoms with E-state index in [9.17, 15) is 18.0 Å². The molecule has 1 amide bonds. The largest absolute Gasteiger partial charge is 0.496 e. The molecule has 0 saturated carbocycles. The maximum absolute atomic E-state index is 13.2. The Morgan fingerprint density at radius 3 is 2.68 bits per heavy atom. The minimum Gasteiger partial charge on any atom is -0.496 e. The van der Waals surface area contributed by atoms with Gasteiger partial charge in [-0.3, -0.25) is 10.2 Å². The van der Waals surface area contributed by atoms with Crippen molar-refractivity contribution in [3.63, 3.8) is 0 Å².